The first-order chi connectivity index (χ1) is 10.6. The summed E-state index contributed by atoms with van der Waals surface area (Å²) in [6, 6.07) is 1.81. The molecule has 1 aliphatic carbocycles. The van der Waals surface area contributed by atoms with Crippen molar-refractivity contribution in [1.29, 1.82) is 0 Å². The lowest BCUT2D eigenvalue weighted by molar-refractivity contribution is 0.102. The number of amides is 1. The van der Waals surface area contributed by atoms with E-state index in [1.54, 1.807) is 11.3 Å². The van der Waals surface area contributed by atoms with Gasteiger partial charge in [0.1, 0.15) is 0 Å². The number of H-pyrrole nitrogens is 1. The van der Waals surface area contributed by atoms with Crippen molar-refractivity contribution < 1.29 is 4.79 Å². The van der Waals surface area contributed by atoms with Crippen LogP contribution in [0.5, 0.6) is 0 Å². The maximum atomic E-state index is 12.3. The van der Waals surface area contributed by atoms with Crippen molar-refractivity contribution in [2.45, 2.75) is 58.3 Å². The fraction of sp³-hybridized carbons (Fsp3) is 0.562. The van der Waals surface area contributed by atoms with Crippen LogP contribution in [0, 0.1) is 0 Å². The number of aryl methyl sites for hydroxylation is 2. The Morgan fingerprint density at radius 1 is 1.27 bits per heavy atom. The number of nitrogens with one attached hydrogen (secondary N) is 2. The maximum Gasteiger partial charge on any atom is 0.277 e. The molecule has 0 bridgehead atoms. The molecule has 0 unspecified atom stereocenters. The summed E-state index contributed by atoms with van der Waals surface area (Å²) in [5.41, 5.74) is 2.56. The molecular formula is C16H22N4OS. The van der Waals surface area contributed by atoms with Crippen LogP contribution in [0.2, 0.25) is 0 Å². The standard InChI is InChI=1S/C16H22N4OS/c1-10(2)12-9-13(20-19-12)15(21)18-16-17-11-7-5-3-4-6-8-14(11)22-16/h9-10H,3-8H2,1-2H3,(H,19,20)(H,17,18,21). The minimum Gasteiger partial charge on any atom is -0.296 e. The lowest BCUT2D eigenvalue weighted by Crippen LogP contribution is -2.12. The van der Waals surface area contributed by atoms with Crippen molar-refractivity contribution in [2.75, 3.05) is 5.32 Å². The maximum absolute atomic E-state index is 12.3. The minimum atomic E-state index is -0.190. The van der Waals surface area contributed by atoms with Crippen molar-refractivity contribution in [2.24, 2.45) is 0 Å². The van der Waals surface area contributed by atoms with Gasteiger partial charge in [-0.15, -0.1) is 11.3 Å². The molecule has 0 aromatic carbocycles. The Balaban J connectivity index is 1.72. The molecule has 0 spiro atoms. The number of anilines is 1. The van der Waals surface area contributed by atoms with Crippen molar-refractivity contribution in [3.05, 3.63) is 28.0 Å². The van der Waals surface area contributed by atoms with Gasteiger partial charge >= 0.3 is 0 Å². The Hall–Kier alpha value is -1.69. The zero-order valence-corrected chi connectivity index (χ0v) is 13.9. The van der Waals surface area contributed by atoms with E-state index in [0.717, 1.165) is 18.5 Å². The van der Waals surface area contributed by atoms with Crippen LogP contribution in [0.1, 0.15) is 72.2 Å². The number of aromatic amines is 1. The summed E-state index contributed by atoms with van der Waals surface area (Å²) in [6.45, 7) is 4.13. The van der Waals surface area contributed by atoms with E-state index in [2.05, 4.69) is 34.3 Å². The van der Waals surface area contributed by atoms with Crippen LogP contribution in [-0.4, -0.2) is 21.1 Å². The van der Waals surface area contributed by atoms with Crippen LogP contribution >= 0.6 is 11.3 Å². The summed E-state index contributed by atoms with van der Waals surface area (Å²) < 4.78 is 0. The van der Waals surface area contributed by atoms with Crippen LogP contribution in [0.3, 0.4) is 0 Å². The molecule has 1 amide bonds. The number of aromatic nitrogens is 3. The van der Waals surface area contributed by atoms with Crippen LogP contribution < -0.4 is 5.32 Å². The molecule has 2 N–H and O–H groups in total. The molecule has 0 saturated heterocycles. The minimum absolute atomic E-state index is 0.190. The zero-order valence-electron chi connectivity index (χ0n) is 13.1. The summed E-state index contributed by atoms with van der Waals surface area (Å²) in [6.07, 6.45) is 7.11. The van der Waals surface area contributed by atoms with Gasteiger partial charge < -0.3 is 0 Å². The van der Waals surface area contributed by atoms with Crippen LogP contribution in [0.4, 0.5) is 5.13 Å². The Morgan fingerprint density at radius 3 is 2.77 bits per heavy atom. The number of rotatable bonds is 3. The number of fused-ring (bicyclic) bond motifs is 1. The van der Waals surface area contributed by atoms with Crippen LogP contribution in [0.15, 0.2) is 6.07 Å². The lowest BCUT2D eigenvalue weighted by Gasteiger charge is -2.06. The van der Waals surface area contributed by atoms with Gasteiger partial charge in [-0.05, 0) is 37.7 Å². The van der Waals surface area contributed by atoms with Crippen LogP contribution in [0.25, 0.3) is 0 Å². The normalized spacial score (nSPS) is 15.2. The highest BCUT2D eigenvalue weighted by molar-refractivity contribution is 7.15. The molecular weight excluding hydrogens is 296 g/mol. The van der Waals surface area contributed by atoms with Gasteiger partial charge in [-0.1, -0.05) is 26.7 Å². The molecule has 6 heteroatoms. The molecule has 0 saturated carbocycles. The van der Waals surface area contributed by atoms with Gasteiger partial charge in [0.15, 0.2) is 10.8 Å². The summed E-state index contributed by atoms with van der Waals surface area (Å²) in [4.78, 5) is 18.2. The molecule has 0 fully saturated rings. The predicted octanol–water partition coefficient (Wildman–Crippen LogP) is 3.90. The van der Waals surface area contributed by atoms with E-state index >= 15 is 0 Å². The number of hydrogen-bond donors (Lipinski definition) is 2. The average molecular weight is 318 g/mol. The van der Waals surface area contributed by atoms with Crippen molar-refractivity contribution >= 4 is 22.4 Å². The molecule has 2 aromatic rings. The van der Waals surface area contributed by atoms with Crippen molar-refractivity contribution in [1.82, 2.24) is 15.2 Å². The first-order valence-electron chi connectivity index (χ1n) is 7.98. The molecule has 0 atom stereocenters. The molecule has 118 valence electrons. The molecule has 3 rings (SSSR count). The molecule has 22 heavy (non-hydrogen) atoms. The first-order valence-corrected chi connectivity index (χ1v) is 8.80. The highest BCUT2D eigenvalue weighted by Crippen LogP contribution is 2.28. The Bertz CT molecular complexity index is 633. The van der Waals surface area contributed by atoms with E-state index in [1.165, 1.54) is 36.3 Å². The number of carbonyl (C=O) groups excluding carboxylic acids is 1. The fourth-order valence-electron chi connectivity index (χ4n) is 2.67. The Kier molecular flexibility index (Phi) is 4.57. The van der Waals surface area contributed by atoms with Gasteiger partial charge in [0.05, 0.1) is 5.69 Å². The Labute approximate surface area is 134 Å². The second kappa shape index (κ2) is 6.60. The molecule has 2 heterocycles. The van der Waals surface area contributed by atoms with Crippen molar-refractivity contribution in [3.8, 4) is 0 Å². The van der Waals surface area contributed by atoms with Gasteiger partial charge in [0.2, 0.25) is 0 Å². The van der Waals surface area contributed by atoms with E-state index in [-0.39, 0.29) is 5.91 Å². The van der Waals surface area contributed by atoms with Gasteiger partial charge in [-0.3, -0.25) is 15.2 Å². The predicted molar refractivity (Wildman–Crippen MR) is 88.6 cm³/mol. The Morgan fingerprint density at radius 2 is 2.05 bits per heavy atom. The molecule has 5 nitrogen and oxygen atoms in total. The largest absolute Gasteiger partial charge is 0.296 e. The van der Waals surface area contributed by atoms with E-state index in [4.69, 9.17) is 0 Å². The molecule has 0 radical (unpaired) electrons. The molecule has 0 aliphatic heterocycles. The number of hydrogen-bond acceptors (Lipinski definition) is 4. The highest BCUT2D eigenvalue weighted by Gasteiger charge is 2.17. The van der Waals surface area contributed by atoms with Crippen LogP contribution in [-0.2, 0) is 12.8 Å². The van der Waals surface area contributed by atoms with Gasteiger partial charge in [0, 0.05) is 10.6 Å². The summed E-state index contributed by atoms with van der Waals surface area (Å²) >= 11 is 1.61. The SMILES string of the molecule is CC(C)c1cc(C(=O)Nc2nc3c(s2)CCCCCC3)n[nH]1. The summed E-state index contributed by atoms with van der Waals surface area (Å²) in [7, 11) is 0. The smallest absolute Gasteiger partial charge is 0.277 e. The third kappa shape index (κ3) is 3.38. The number of nitrogens with zero attached hydrogens (tertiary/aromatic N) is 2. The highest BCUT2D eigenvalue weighted by atomic mass is 32.1. The van der Waals surface area contributed by atoms with Gasteiger partial charge in [0.25, 0.3) is 5.91 Å². The quantitative estimate of drug-likeness (QED) is 0.901. The summed E-state index contributed by atoms with van der Waals surface area (Å²) in [5, 5.41) is 10.6. The van der Waals surface area contributed by atoms with E-state index in [1.807, 2.05) is 6.07 Å². The second-order valence-electron chi connectivity index (χ2n) is 6.12. The fourth-order valence-corrected chi connectivity index (χ4v) is 3.71. The monoisotopic (exact) mass is 318 g/mol. The topological polar surface area (TPSA) is 70.7 Å². The van der Waals surface area contributed by atoms with Crippen molar-refractivity contribution in [3.63, 3.8) is 0 Å². The zero-order chi connectivity index (χ0) is 15.5. The summed E-state index contributed by atoms with van der Waals surface area (Å²) in [5.74, 6) is 0.138. The van der Waals surface area contributed by atoms with Gasteiger partial charge in [-0.2, -0.15) is 5.10 Å². The van der Waals surface area contributed by atoms with E-state index < -0.39 is 0 Å². The third-order valence-electron chi connectivity index (χ3n) is 4.02. The molecule has 2 aromatic heterocycles. The average Bonchev–Trinajstić information content (AvgIpc) is 3.07. The second-order valence-corrected chi connectivity index (χ2v) is 7.20. The van der Waals surface area contributed by atoms with E-state index in [0.29, 0.717) is 16.7 Å². The molecule has 1 aliphatic rings. The number of carbonyl (C=O) groups is 1. The van der Waals surface area contributed by atoms with Gasteiger partial charge in [-0.25, -0.2) is 4.98 Å². The first kappa shape index (κ1) is 15.2. The number of thiazole rings is 1. The third-order valence-corrected chi connectivity index (χ3v) is 5.09. The van der Waals surface area contributed by atoms with E-state index in [9.17, 15) is 4.79 Å². The lowest BCUT2D eigenvalue weighted by atomic mass is 10.0.